The molecule has 0 aliphatic rings. The van der Waals surface area contributed by atoms with Crippen molar-refractivity contribution in [1.82, 2.24) is 5.32 Å². The Hall–Kier alpha value is -2.57. The number of aromatic hydroxyl groups is 1. The molecule has 0 unspecified atom stereocenters. The quantitative estimate of drug-likeness (QED) is 0.563. The van der Waals surface area contributed by atoms with Gasteiger partial charge in [0.1, 0.15) is 11.8 Å². The van der Waals surface area contributed by atoms with Gasteiger partial charge in [-0.05, 0) is 24.1 Å². The van der Waals surface area contributed by atoms with Gasteiger partial charge in [-0.15, -0.1) is 0 Å². The first-order valence-corrected chi connectivity index (χ1v) is 6.39. The van der Waals surface area contributed by atoms with Crippen molar-refractivity contribution < 1.29 is 24.6 Å². The van der Waals surface area contributed by atoms with E-state index in [1.54, 1.807) is 19.1 Å². The number of carbonyl (C=O) groups excluding carboxylic acids is 2. The van der Waals surface area contributed by atoms with Crippen LogP contribution in [-0.2, 0) is 20.8 Å². The number of benzene rings is 1. The fourth-order valence-corrected chi connectivity index (χ4v) is 1.79. The molecule has 0 aromatic heterocycles. The zero-order chi connectivity index (χ0) is 16.0. The molecule has 114 valence electrons. The first kappa shape index (κ1) is 16.5. The summed E-state index contributed by atoms with van der Waals surface area (Å²) >= 11 is 0. The minimum absolute atomic E-state index is 0.131. The van der Waals surface area contributed by atoms with E-state index < -0.39 is 36.2 Å². The van der Waals surface area contributed by atoms with Crippen molar-refractivity contribution in [2.24, 2.45) is 11.7 Å². The second kappa shape index (κ2) is 7.28. The molecule has 0 radical (unpaired) electrons. The third-order valence-corrected chi connectivity index (χ3v) is 2.96. The molecule has 0 saturated heterocycles. The van der Waals surface area contributed by atoms with E-state index in [2.05, 4.69) is 5.32 Å². The van der Waals surface area contributed by atoms with Gasteiger partial charge in [0.15, 0.2) is 0 Å². The first-order chi connectivity index (χ1) is 9.79. The van der Waals surface area contributed by atoms with Crippen molar-refractivity contribution in [2.75, 3.05) is 0 Å². The summed E-state index contributed by atoms with van der Waals surface area (Å²) in [7, 11) is 0. The third-order valence-electron chi connectivity index (χ3n) is 2.96. The van der Waals surface area contributed by atoms with Gasteiger partial charge in [-0.2, -0.15) is 0 Å². The standard InChI is InChI=1S/C14H18N2O5/c1-8(6-9-2-4-10(17)5-3-9)14(21)16-11(13(15)20)7-12(18)19/h2-5,8,11,17H,6-7H2,1H3,(H2,15,20)(H,16,21)(H,18,19)/t8-,11-/m0/s1. The number of aliphatic carboxylic acids is 1. The number of nitrogens with one attached hydrogen (secondary N) is 1. The number of primary amides is 1. The molecule has 1 aromatic rings. The van der Waals surface area contributed by atoms with E-state index >= 15 is 0 Å². The molecule has 7 nitrogen and oxygen atoms in total. The number of carbonyl (C=O) groups is 3. The molecule has 0 fully saturated rings. The lowest BCUT2D eigenvalue weighted by Crippen LogP contribution is -2.47. The molecule has 0 aliphatic carbocycles. The van der Waals surface area contributed by atoms with Crippen molar-refractivity contribution in [1.29, 1.82) is 0 Å². The molecule has 5 N–H and O–H groups in total. The molecule has 7 heteroatoms. The van der Waals surface area contributed by atoms with Crippen LogP contribution in [0.1, 0.15) is 18.9 Å². The number of hydrogen-bond acceptors (Lipinski definition) is 4. The first-order valence-electron chi connectivity index (χ1n) is 6.39. The summed E-state index contributed by atoms with van der Waals surface area (Å²) in [5, 5.41) is 20.2. The zero-order valence-corrected chi connectivity index (χ0v) is 11.6. The van der Waals surface area contributed by atoms with E-state index in [4.69, 9.17) is 10.8 Å². The number of nitrogens with two attached hydrogens (primary N) is 1. The van der Waals surface area contributed by atoms with Crippen LogP contribution in [0.3, 0.4) is 0 Å². The van der Waals surface area contributed by atoms with Gasteiger partial charge in [0.2, 0.25) is 11.8 Å². The van der Waals surface area contributed by atoms with Gasteiger partial charge < -0.3 is 21.3 Å². The maximum absolute atomic E-state index is 11.9. The molecule has 2 atom stereocenters. The van der Waals surface area contributed by atoms with Crippen molar-refractivity contribution in [3.63, 3.8) is 0 Å². The average Bonchev–Trinajstić information content (AvgIpc) is 2.39. The maximum Gasteiger partial charge on any atom is 0.305 e. The van der Waals surface area contributed by atoms with Gasteiger partial charge in [0.25, 0.3) is 0 Å². The predicted molar refractivity (Wildman–Crippen MR) is 74.4 cm³/mol. The molecule has 0 aliphatic heterocycles. The summed E-state index contributed by atoms with van der Waals surface area (Å²) in [6, 6.07) is 5.16. The Morgan fingerprint density at radius 1 is 1.24 bits per heavy atom. The van der Waals surface area contributed by atoms with E-state index in [0.29, 0.717) is 6.42 Å². The van der Waals surface area contributed by atoms with E-state index in [1.807, 2.05) is 0 Å². The minimum Gasteiger partial charge on any atom is -0.508 e. The summed E-state index contributed by atoms with van der Waals surface area (Å²) < 4.78 is 0. The summed E-state index contributed by atoms with van der Waals surface area (Å²) in [4.78, 5) is 33.7. The lowest BCUT2D eigenvalue weighted by Gasteiger charge is -2.17. The molecule has 1 aromatic carbocycles. The molecule has 0 bridgehead atoms. The van der Waals surface area contributed by atoms with Crippen LogP contribution in [-0.4, -0.2) is 34.0 Å². The van der Waals surface area contributed by atoms with Gasteiger partial charge >= 0.3 is 5.97 Å². The van der Waals surface area contributed by atoms with E-state index in [0.717, 1.165) is 5.56 Å². The molecule has 0 heterocycles. The number of phenols is 1. The molecule has 21 heavy (non-hydrogen) atoms. The Kier molecular flexibility index (Phi) is 5.71. The Morgan fingerprint density at radius 2 is 1.81 bits per heavy atom. The highest BCUT2D eigenvalue weighted by molar-refractivity contribution is 5.90. The highest BCUT2D eigenvalue weighted by Gasteiger charge is 2.23. The zero-order valence-electron chi connectivity index (χ0n) is 11.6. The monoisotopic (exact) mass is 294 g/mol. The summed E-state index contributed by atoms with van der Waals surface area (Å²) in [5.41, 5.74) is 5.90. The molecule has 2 amide bonds. The predicted octanol–water partition coefficient (Wildman–Crippen LogP) is 0.0156. The number of carboxylic acid groups (broad SMARTS) is 1. The SMILES string of the molecule is C[C@@H](Cc1ccc(O)cc1)C(=O)N[C@@H](CC(=O)O)C(N)=O. The van der Waals surface area contributed by atoms with Crippen LogP contribution in [0.4, 0.5) is 0 Å². The summed E-state index contributed by atoms with van der Waals surface area (Å²) in [6.45, 7) is 1.65. The number of carboxylic acids is 1. The lowest BCUT2D eigenvalue weighted by molar-refractivity contribution is -0.140. The highest BCUT2D eigenvalue weighted by Crippen LogP contribution is 2.14. The van der Waals surface area contributed by atoms with E-state index in [1.165, 1.54) is 12.1 Å². The Morgan fingerprint density at radius 3 is 2.29 bits per heavy atom. The molecular formula is C14H18N2O5. The number of rotatable bonds is 7. The largest absolute Gasteiger partial charge is 0.508 e. The lowest BCUT2D eigenvalue weighted by atomic mass is 9.99. The summed E-state index contributed by atoms with van der Waals surface area (Å²) in [6.07, 6.45) is -0.155. The fourth-order valence-electron chi connectivity index (χ4n) is 1.79. The van der Waals surface area contributed by atoms with Crippen LogP contribution in [0, 0.1) is 5.92 Å². The van der Waals surface area contributed by atoms with Crippen LogP contribution >= 0.6 is 0 Å². The number of hydrogen-bond donors (Lipinski definition) is 4. The molecule has 0 saturated carbocycles. The van der Waals surface area contributed by atoms with Crippen LogP contribution in [0.5, 0.6) is 5.75 Å². The van der Waals surface area contributed by atoms with Crippen molar-refractivity contribution >= 4 is 17.8 Å². The van der Waals surface area contributed by atoms with Crippen LogP contribution in [0.25, 0.3) is 0 Å². The number of phenolic OH excluding ortho intramolecular Hbond substituents is 1. The maximum atomic E-state index is 11.9. The van der Waals surface area contributed by atoms with Gasteiger partial charge in [-0.3, -0.25) is 14.4 Å². The topological polar surface area (TPSA) is 130 Å². The highest BCUT2D eigenvalue weighted by atomic mass is 16.4. The molecule has 0 spiro atoms. The van der Waals surface area contributed by atoms with Crippen molar-refractivity contribution in [3.8, 4) is 5.75 Å². The van der Waals surface area contributed by atoms with Crippen molar-refractivity contribution in [2.45, 2.75) is 25.8 Å². The normalized spacial score (nSPS) is 13.2. The molecular weight excluding hydrogens is 276 g/mol. The Bertz CT molecular complexity index is 527. The van der Waals surface area contributed by atoms with Crippen molar-refractivity contribution in [3.05, 3.63) is 29.8 Å². The molecule has 1 rings (SSSR count). The van der Waals surface area contributed by atoms with E-state index in [9.17, 15) is 19.5 Å². The average molecular weight is 294 g/mol. The third kappa shape index (κ3) is 5.52. The minimum atomic E-state index is -1.22. The van der Waals surface area contributed by atoms with Gasteiger partial charge in [0.05, 0.1) is 6.42 Å². The second-order valence-corrected chi connectivity index (χ2v) is 4.83. The number of amides is 2. The Balaban J connectivity index is 2.62. The second-order valence-electron chi connectivity index (χ2n) is 4.83. The fraction of sp³-hybridized carbons (Fsp3) is 0.357. The summed E-state index contributed by atoms with van der Waals surface area (Å²) in [5.74, 6) is -2.89. The smallest absolute Gasteiger partial charge is 0.305 e. The van der Waals surface area contributed by atoms with Crippen LogP contribution in [0.15, 0.2) is 24.3 Å². The van der Waals surface area contributed by atoms with Crippen LogP contribution in [0.2, 0.25) is 0 Å². The van der Waals surface area contributed by atoms with E-state index in [-0.39, 0.29) is 5.75 Å². The Labute approximate surface area is 121 Å². The van der Waals surface area contributed by atoms with Gasteiger partial charge in [-0.1, -0.05) is 19.1 Å². The van der Waals surface area contributed by atoms with Crippen LogP contribution < -0.4 is 11.1 Å². The van der Waals surface area contributed by atoms with Gasteiger partial charge in [0, 0.05) is 5.92 Å². The van der Waals surface area contributed by atoms with Gasteiger partial charge in [-0.25, -0.2) is 0 Å².